The fraction of sp³-hybridized carbons (Fsp3) is 0.967. The van der Waals surface area contributed by atoms with E-state index in [2.05, 4.69) is 19.2 Å². The van der Waals surface area contributed by atoms with Gasteiger partial charge in [0.1, 0.15) is 0 Å². The van der Waals surface area contributed by atoms with Crippen LogP contribution in [0.3, 0.4) is 0 Å². The Morgan fingerprint density at radius 2 is 0.973 bits per heavy atom. The fourth-order valence-electron chi connectivity index (χ4n) is 4.92. The molecule has 0 spiro atoms. The number of unbranched alkanes of at least 4 members (excludes halogenated alkanes) is 20. The summed E-state index contributed by atoms with van der Waals surface area (Å²) in [5.74, 6) is -0.890. The Bertz CT molecular complexity index is 611. The highest BCUT2D eigenvalue weighted by Gasteiger charge is 2.26. The summed E-state index contributed by atoms with van der Waals surface area (Å²) in [6.07, 6.45) is 26.2. The summed E-state index contributed by atoms with van der Waals surface area (Å²) in [6, 6.07) is -0.960. The number of aliphatic hydroxyl groups excluding tert-OH is 1. The minimum absolute atomic E-state index is 0.247. The van der Waals surface area contributed by atoms with Crippen molar-refractivity contribution in [1.29, 1.82) is 0 Å². The van der Waals surface area contributed by atoms with Crippen molar-refractivity contribution in [2.45, 2.75) is 180 Å². The summed E-state index contributed by atoms with van der Waals surface area (Å²) < 4.78 is 32.2. The average Bonchev–Trinajstić information content (AvgIpc) is 2.84. The Balaban J connectivity index is 3.98. The molecular weight excluding hydrogens is 486 g/mol. The number of hydrogen-bond acceptors (Lipinski definition) is 4. The van der Waals surface area contributed by atoms with Gasteiger partial charge in [0, 0.05) is 6.42 Å². The van der Waals surface area contributed by atoms with Gasteiger partial charge >= 0.3 is 0 Å². The number of carbonyl (C=O) groups excluding carboxylic acids is 1. The highest BCUT2D eigenvalue weighted by molar-refractivity contribution is 7.85. The van der Waals surface area contributed by atoms with Crippen LogP contribution in [-0.4, -0.2) is 41.9 Å². The first-order chi connectivity index (χ1) is 17.8. The van der Waals surface area contributed by atoms with Gasteiger partial charge in [-0.05, 0) is 12.8 Å². The molecular formula is C30H61NO5S. The van der Waals surface area contributed by atoms with E-state index >= 15 is 0 Å². The zero-order valence-corrected chi connectivity index (χ0v) is 25.2. The predicted molar refractivity (Wildman–Crippen MR) is 157 cm³/mol. The Kier molecular flexibility index (Phi) is 25.2. The molecule has 0 rings (SSSR count). The van der Waals surface area contributed by atoms with Crippen molar-refractivity contribution in [3.05, 3.63) is 0 Å². The van der Waals surface area contributed by atoms with Gasteiger partial charge in [0.15, 0.2) is 0 Å². The number of hydrogen-bond donors (Lipinski definition) is 3. The molecule has 0 aliphatic rings. The van der Waals surface area contributed by atoms with Gasteiger partial charge in [-0.15, -0.1) is 0 Å². The number of rotatable bonds is 28. The van der Waals surface area contributed by atoms with E-state index in [1.54, 1.807) is 0 Å². The standard InChI is InChI=1S/C30H61NO5S/c1-3-5-7-9-11-13-15-16-18-20-22-24-26-30(33)31-28(27-37(34,35)36)29(32)25-23-21-19-17-14-12-10-8-6-4-2/h28-29,32H,3-27H2,1-2H3,(H,31,33)(H,34,35,36). The van der Waals surface area contributed by atoms with Gasteiger partial charge in [-0.1, -0.05) is 149 Å². The third-order valence-corrected chi connectivity index (χ3v) is 8.09. The molecule has 0 aromatic rings. The van der Waals surface area contributed by atoms with Crippen molar-refractivity contribution < 1.29 is 22.9 Å². The van der Waals surface area contributed by atoms with E-state index in [-0.39, 0.29) is 5.91 Å². The molecule has 6 nitrogen and oxygen atoms in total. The molecule has 2 atom stereocenters. The first-order valence-electron chi connectivity index (χ1n) is 15.7. The molecule has 0 fully saturated rings. The van der Waals surface area contributed by atoms with Crippen molar-refractivity contribution in [2.75, 3.05) is 5.75 Å². The number of nitrogens with one attached hydrogen (secondary N) is 1. The minimum Gasteiger partial charge on any atom is -0.391 e. The molecule has 0 saturated carbocycles. The topological polar surface area (TPSA) is 104 Å². The fourth-order valence-corrected chi connectivity index (χ4v) is 5.68. The monoisotopic (exact) mass is 547 g/mol. The maximum absolute atomic E-state index is 12.4. The first-order valence-corrected chi connectivity index (χ1v) is 17.3. The lowest BCUT2D eigenvalue weighted by molar-refractivity contribution is -0.122. The molecule has 2 unspecified atom stereocenters. The molecule has 0 heterocycles. The third kappa shape index (κ3) is 26.7. The highest BCUT2D eigenvalue weighted by Crippen LogP contribution is 2.15. The summed E-state index contributed by atoms with van der Waals surface area (Å²) in [5.41, 5.74) is 0. The summed E-state index contributed by atoms with van der Waals surface area (Å²) in [6.45, 7) is 4.46. The molecule has 0 aromatic carbocycles. The molecule has 0 aliphatic heterocycles. The lowest BCUT2D eigenvalue weighted by atomic mass is 10.0. The zero-order chi connectivity index (χ0) is 27.6. The van der Waals surface area contributed by atoms with E-state index in [1.807, 2.05) is 0 Å². The van der Waals surface area contributed by atoms with Crippen LogP contribution in [0.15, 0.2) is 0 Å². The number of aliphatic hydroxyl groups is 1. The second-order valence-electron chi connectivity index (χ2n) is 11.1. The van der Waals surface area contributed by atoms with E-state index in [0.717, 1.165) is 38.5 Å². The van der Waals surface area contributed by atoms with Crippen LogP contribution in [0.5, 0.6) is 0 Å². The third-order valence-electron chi connectivity index (χ3n) is 7.31. The molecule has 0 aromatic heterocycles. The second-order valence-corrected chi connectivity index (χ2v) is 12.6. The Hall–Kier alpha value is -0.660. The SMILES string of the molecule is CCCCCCCCCCCCCCC(=O)NC(CS(=O)(=O)O)C(O)CCCCCCCCCCCC. The molecule has 37 heavy (non-hydrogen) atoms. The van der Waals surface area contributed by atoms with Gasteiger partial charge in [-0.2, -0.15) is 8.42 Å². The minimum atomic E-state index is -4.29. The van der Waals surface area contributed by atoms with Gasteiger partial charge in [0.2, 0.25) is 5.91 Å². The van der Waals surface area contributed by atoms with Crippen LogP contribution < -0.4 is 5.32 Å². The Morgan fingerprint density at radius 1 is 0.622 bits per heavy atom. The van der Waals surface area contributed by atoms with Gasteiger partial charge in [0.05, 0.1) is 17.9 Å². The molecule has 0 aliphatic carbocycles. The molecule has 0 saturated heterocycles. The molecule has 1 amide bonds. The van der Waals surface area contributed by atoms with Crippen LogP contribution >= 0.6 is 0 Å². The van der Waals surface area contributed by atoms with Gasteiger partial charge in [-0.3, -0.25) is 9.35 Å². The van der Waals surface area contributed by atoms with Crippen molar-refractivity contribution in [2.24, 2.45) is 0 Å². The van der Waals surface area contributed by atoms with Crippen LogP contribution in [-0.2, 0) is 14.9 Å². The van der Waals surface area contributed by atoms with Crippen LogP contribution in [0.2, 0.25) is 0 Å². The average molecular weight is 548 g/mol. The van der Waals surface area contributed by atoms with E-state index < -0.39 is 28.0 Å². The number of amides is 1. The van der Waals surface area contributed by atoms with Crippen molar-refractivity contribution >= 4 is 16.0 Å². The quantitative estimate of drug-likeness (QED) is 0.0677. The first kappa shape index (κ1) is 36.3. The van der Waals surface area contributed by atoms with E-state index in [1.165, 1.54) is 103 Å². The summed E-state index contributed by atoms with van der Waals surface area (Å²) >= 11 is 0. The Labute approximate surface area is 229 Å². The summed E-state index contributed by atoms with van der Waals surface area (Å²) in [4.78, 5) is 12.4. The zero-order valence-electron chi connectivity index (χ0n) is 24.4. The smallest absolute Gasteiger partial charge is 0.266 e. The summed E-state index contributed by atoms with van der Waals surface area (Å²) in [7, 11) is -4.29. The molecule has 3 N–H and O–H groups in total. The Morgan fingerprint density at radius 3 is 1.35 bits per heavy atom. The summed E-state index contributed by atoms with van der Waals surface area (Å²) in [5, 5.41) is 13.2. The number of carbonyl (C=O) groups is 1. The van der Waals surface area contributed by atoms with Gasteiger partial charge < -0.3 is 10.4 Å². The van der Waals surface area contributed by atoms with E-state index in [4.69, 9.17) is 0 Å². The largest absolute Gasteiger partial charge is 0.391 e. The van der Waals surface area contributed by atoms with Crippen molar-refractivity contribution in [3.8, 4) is 0 Å². The highest BCUT2D eigenvalue weighted by atomic mass is 32.2. The van der Waals surface area contributed by atoms with Crippen LogP contribution in [0.4, 0.5) is 0 Å². The van der Waals surface area contributed by atoms with Crippen LogP contribution in [0, 0.1) is 0 Å². The van der Waals surface area contributed by atoms with Gasteiger partial charge in [-0.25, -0.2) is 0 Å². The normalized spacial score (nSPS) is 13.5. The molecule has 0 radical (unpaired) electrons. The van der Waals surface area contributed by atoms with E-state index in [9.17, 15) is 22.9 Å². The van der Waals surface area contributed by atoms with Crippen LogP contribution in [0.1, 0.15) is 168 Å². The lowest BCUT2D eigenvalue weighted by Crippen LogP contribution is -2.47. The van der Waals surface area contributed by atoms with Crippen molar-refractivity contribution in [3.63, 3.8) is 0 Å². The maximum Gasteiger partial charge on any atom is 0.266 e. The van der Waals surface area contributed by atoms with Crippen molar-refractivity contribution in [1.82, 2.24) is 5.32 Å². The second kappa shape index (κ2) is 25.6. The lowest BCUT2D eigenvalue weighted by Gasteiger charge is -2.23. The van der Waals surface area contributed by atoms with Crippen LogP contribution in [0.25, 0.3) is 0 Å². The molecule has 7 heteroatoms. The molecule has 222 valence electrons. The van der Waals surface area contributed by atoms with Gasteiger partial charge in [0.25, 0.3) is 10.1 Å². The van der Waals surface area contributed by atoms with E-state index in [0.29, 0.717) is 12.8 Å². The predicted octanol–water partition coefficient (Wildman–Crippen LogP) is 8.12. The maximum atomic E-state index is 12.4. The molecule has 0 bridgehead atoms.